The van der Waals surface area contributed by atoms with E-state index >= 15 is 0 Å². The van der Waals surface area contributed by atoms with Crippen LogP contribution in [0.5, 0.6) is 0 Å². The Morgan fingerprint density at radius 3 is 2.14 bits per heavy atom. The number of nitriles is 1. The second-order valence-corrected chi connectivity index (χ2v) is 20.4. The summed E-state index contributed by atoms with van der Waals surface area (Å²) >= 11 is 0. The number of carbonyl (C=O) groups excluding carboxylic acids is 2. The number of rotatable bonds is 11. The predicted octanol–water partition coefficient (Wildman–Crippen LogP) is 4.36. The van der Waals surface area contributed by atoms with E-state index in [-0.39, 0.29) is 35.1 Å². The number of anilines is 1. The molecule has 3 heterocycles. The van der Waals surface area contributed by atoms with Gasteiger partial charge in [-0.3, -0.25) is 4.79 Å². The van der Waals surface area contributed by atoms with Gasteiger partial charge in [-0.05, 0) is 66.0 Å². The Kier molecular flexibility index (Phi) is 11.7. The zero-order valence-corrected chi connectivity index (χ0v) is 33.6. The van der Waals surface area contributed by atoms with E-state index in [4.69, 9.17) is 13.9 Å². The van der Waals surface area contributed by atoms with Crippen LogP contribution in [-0.4, -0.2) is 81.7 Å². The van der Waals surface area contributed by atoms with E-state index in [1.807, 2.05) is 60.7 Å². The third kappa shape index (κ3) is 8.32. The predicted molar refractivity (Wildman–Crippen MR) is 213 cm³/mol. The number of nitrogens with zero attached hydrogens (tertiary/aromatic N) is 4. The van der Waals surface area contributed by atoms with Crippen molar-refractivity contribution in [1.82, 2.24) is 19.9 Å². The average Bonchev–Trinajstić information content (AvgIpc) is 3.71. The van der Waals surface area contributed by atoms with Crippen LogP contribution in [0.4, 0.5) is 15.0 Å². The molecule has 0 spiro atoms. The smallest absolute Gasteiger partial charge is 0.408 e. The van der Waals surface area contributed by atoms with Crippen LogP contribution in [-0.2, 0) is 30.7 Å². The van der Waals surface area contributed by atoms with Crippen LogP contribution in [0.25, 0.3) is 5.52 Å². The zero-order valence-electron chi connectivity index (χ0n) is 32.6. The number of carbonyl (C=O) groups is 2. The molecule has 298 valence electrons. The molecule has 2 amide bonds. The molecule has 0 radical (unpaired) electrons. The van der Waals surface area contributed by atoms with Crippen LogP contribution in [0.15, 0.2) is 103 Å². The fraction of sp³-hybridized carbons (Fsp3) is 0.357. The largest absolute Gasteiger partial charge is 0.444 e. The molecule has 0 bridgehead atoms. The van der Waals surface area contributed by atoms with Gasteiger partial charge in [0.25, 0.3) is 8.32 Å². The second-order valence-electron chi connectivity index (χ2n) is 16.1. The molecule has 1 aliphatic rings. The number of alkyl carbamates (subject to hydrolysis) is 1. The number of benzene rings is 3. The van der Waals surface area contributed by atoms with Gasteiger partial charge in [0.1, 0.15) is 53.7 Å². The third-order valence-corrected chi connectivity index (χ3v) is 14.9. The Bertz CT molecular complexity index is 2200. The van der Waals surface area contributed by atoms with E-state index in [9.17, 15) is 29.5 Å². The molecule has 15 heteroatoms. The molecule has 2 aromatic heterocycles. The lowest BCUT2D eigenvalue weighted by Gasteiger charge is -2.43. The molecule has 4 N–H and O–H groups in total. The maximum Gasteiger partial charge on any atom is 0.408 e. The molecular weight excluding hydrogens is 748 g/mol. The van der Waals surface area contributed by atoms with Gasteiger partial charge in [0.15, 0.2) is 5.82 Å². The number of hydrogen-bond acceptors (Lipinski definition) is 10. The van der Waals surface area contributed by atoms with Gasteiger partial charge in [-0.1, -0.05) is 93.6 Å². The maximum atomic E-state index is 13.8. The molecule has 3 aromatic carbocycles. The van der Waals surface area contributed by atoms with Crippen molar-refractivity contribution in [1.29, 1.82) is 5.26 Å². The molecule has 5 atom stereocenters. The number of aliphatic hydroxyl groups excluding tert-OH is 2. The number of aromatic nitrogens is 3. The first kappa shape index (κ1) is 41.1. The van der Waals surface area contributed by atoms with Gasteiger partial charge in [0, 0.05) is 6.42 Å². The highest BCUT2D eigenvalue weighted by Crippen LogP contribution is 2.42. The lowest BCUT2D eigenvalue weighted by molar-refractivity contribution is -0.118. The molecule has 5 aromatic rings. The summed E-state index contributed by atoms with van der Waals surface area (Å²) in [6.45, 7) is 11.3. The number of amides is 2. The minimum atomic E-state index is -3.09. The van der Waals surface area contributed by atoms with E-state index in [0.29, 0.717) is 5.56 Å². The van der Waals surface area contributed by atoms with Crippen LogP contribution >= 0.6 is 0 Å². The molecule has 0 aliphatic carbocycles. The average molecular weight is 795 g/mol. The highest BCUT2D eigenvalue weighted by atomic mass is 28.4. The van der Waals surface area contributed by atoms with Gasteiger partial charge in [-0.15, -0.1) is 0 Å². The first-order chi connectivity index (χ1) is 27.0. The van der Waals surface area contributed by atoms with Crippen molar-refractivity contribution in [2.75, 3.05) is 11.9 Å². The quantitative estimate of drug-likeness (QED) is 0.140. The molecule has 13 nitrogen and oxygen atoms in total. The highest BCUT2D eigenvalue weighted by Gasteiger charge is 2.59. The fourth-order valence-electron chi connectivity index (χ4n) is 7.32. The topological polar surface area (TPSA) is 180 Å². The van der Waals surface area contributed by atoms with Gasteiger partial charge < -0.3 is 34.7 Å². The minimum absolute atomic E-state index is 0.00812. The molecule has 1 fully saturated rings. The zero-order chi connectivity index (χ0) is 41.2. The van der Waals surface area contributed by atoms with E-state index < -0.39 is 61.7 Å². The van der Waals surface area contributed by atoms with Crippen molar-refractivity contribution < 1.29 is 38.1 Å². The molecule has 0 saturated carbocycles. The van der Waals surface area contributed by atoms with Gasteiger partial charge >= 0.3 is 6.09 Å². The third-order valence-electron chi connectivity index (χ3n) is 9.94. The van der Waals surface area contributed by atoms with E-state index in [0.717, 1.165) is 16.7 Å². The Balaban J connectivity index is 1.29. The van der Waals surface area contributed by atoms with E-state index in [1.54, 1.807) is 20.8 Å². The van der Waals surface area contributed by atoms with Crippen LogP contribution in [0.3, 0.4) is 0 Å². The van der Waals surface area contributed by atoms with Gasteiger partial charge in [0.2, 0.25) is 11.5 Å². The van der Waals surface area contributed by atoms with Gasteiger partial charge in [-0.2, -0.15) is 10.4 Å². The first-order valence-corrected chi connectivity index (χ1v) is 20.5. The van der Waals surface area contributed by atoms with E-state index in [1.165, 1.54) is 40.9 Å². The number of aliphatic hydroxyl groups is 2. The number of halogens is 1. The molecule has 0 unspecified atom stereocenters. The summed E-state index contributed by atoms with van der Waals surface area (Å²) < 4.78 is 33.7. The highest BCUT2D eigenvalue weighted by molar-refractivity contribution is 6.99. The maximum absolute atomic E-state index is 13.8. The van der Waals surface area contributed by atoms with E-state index in [2.05, 4.69) is 47.6 Å². The van der Waals surface area contributed by atoms with Gasteiger partial charge in [0.05, 0.1) is 12.3 Å². The van der Waals surface area contributed by atoms with Crippen molar-refractivity contribution in [3.63, 3.8) is 0 Å². The molecule has 1 aliphatic heterocycles. The van der Waals surface area contributed by atoms with Crippen LogP contribution in [0.1, 0.15) is 52.8 Å². The van der Waals surface area contributed by atoms with Crippen LogP contribution in [0.2, 0.25) is 5.04 Å². The Hall–Kier alpha value is -5.50. The Morgan fingerprint density at radius 2 is 1.58 bits per heavy atom. The van der Waals surface area contributed by atoms with Crippen LogP contribution < -0.4 is 21.0 Å². The lowest BCUT2D eigenvalue weighted by Crippen LogP contribution is -2.67. The second kappa shape index (κ2) is 16.2. The monoisotopic (exact) mass is 794 g/mol. The normalized spacial score (nSPS) is 20.5. The molecule has 1 saturated heterocycles. The van der Waals surface area contributed by atoms with Gasteiger partial charge in [-0.25, -0.2) is 18.7 Å². The first-order valence-electron chi connectivity index (χ1n) is 18.6. The number of hydrogen-bond donors (Lipinski definition) is 4. The summed E-state index contributed by atoms with van der Waals surface area (Å²) in [4.78, 5) is 30.8. The van der Waals surface area contributed by atoms with Crippen molar-refractivity contribution >= 4 is 42.0 Å². The van der Waals surface area contributed by atoms with Crippen molar-refractivity contribution in [3.8, 4) is 6.07 Å². The number of fused-ring (bicyclic) bond motifs is 1. The lowest BCUT2D eigenvalue weighted by atomic mass is 9.92. The summed E-state index contributed by atoms with van der Waals surface area (Å²) in [5.74, 6) is -1.11. The minimum Gasteiger partial charge on any atom is -0.444 e. The molecule has 6 rings (SSSR count). The van der Waals surface area contributed by atoms with Crippen LogP contribution in [0, 0.1) is 17.1 Å². The Labute approximate surface area is 331 Å². The number of ether oxygens (including phenoxy) is 2. The number of nitrogens with one attached hydrogen (secondary N) is 2. The van der Waals surface area contributed by atoms with Crippen molar-refractivity contribution in [3.05, 3.63) is 120 Å². The summed E-state index contributed by atoms with van der Waals surface area (Å²) in [6.07, 6.45) is -4.07. The Morgan fingerprint density at radius 1 is 0.965 bits per heavy atom. The molecular formula is C42H47FN6O7Si. The molecule has 57 heavy (non-hydrogen) atoms. The fourth-order valence-corrected chi connectivity index (χ4v) is 11.9. The summed E-state index contributed by atoms with van der Waals surface area (Å²) in [5, 5.41) is 45.0. The van der Waals surface area contributed by atoms with Crippen molar-refractivity contribution in [2.45, 2.75) is 88.6 Å². The summed E-state index contributed by atoms with van der Waals surface area (Å²) in [7, 11) is -3.09. The standard InChI is InChI=1S/C42H47FN6O7Si/c1-40(2,3)56-39(53)47-31(23-27-17-19-28(43)20-18-27)38(52)48-37-32-21-22-34(49(32)46-26-45-37)42(25-44)36(51)35(50)33(55-42)24-54-57(41(4,5)6,29-13-9-7-10-14-29)30-15-11-8-12-16-30/h7-22,26,31,33,35-36,50-51H,23-24H2,1-6H3,(H,47,53)(H,45,46,48,52)/t31-,33+,35+,36+,42-/m0/s1. The van der Waals surface area contributed by atoms with Crippen molar-refractivity contribution in [2.24, 2.45) is 0 Å². The summed E-state index contributed by atoms with van der Waals surface area (Å²) in [5.41, 5.74) is -2.07. The SMILES string of the molecule is CC(C)(C)OC(=O)N[C@@H](Cc1ccc(F)cc1)C(=O)Nc1ncnn2c([C@]3(C#N)O[C@H](CO[Si](c4ccccc4)(c4ccccc4)C(C)(C)C)[C@@H](O)[C@H]3O)ccc12. The summed E-state index contributed by atoms with van der Waals surface area (Å²) in [6, 6.07) is 29.3.